The second-order valence-corrected chi connectivity index (χ2v) is 4.35. The van der Waals surface area contributed by atoms with E-state index in [-0.39, 0.29) is 11.7 Å². The van der Waals surface area contributed by atoms with Crippen molar-refractivity contribution in [2.24, 2.45) is 5.92 Å². The normalized spacial score (nSPS) is 41.9. The van der Waals surface area contributed by atoms with Gasteiger partial charge < -0.3 is 20.1 Å². The summed E-state index contributed by atoms with van der Waals surface area (Å²) in [4.78, 5) is 11.2. The molecule has 0 radical (unpaired) electrons. The van der Waals surface area contributed by atoms with E-state index in [4.69, 9.17) is 4.74 Å². The summed E-state index contributed by atoms with van der Waals surface area (Å²) in [6.45, 7) is 4.92. The number of Topliss-reactive ketones (excluding diaryl/α,β-unsaturated/α-hetero) is 1. The van der Waals surface area contributed by atoms with Crippen LogP contribution in [0.15, 0.2) is 0 Å². The lowest BCUT2D eigenvalue weighted by Crippen LogP contribution is -2.60. The Bertz CT molecular complexity index is 240. The summed E-state index contributed by atoms with van der Waals surface area (Å²) in [6, 6.07) is 0. The Balaban J connectivity index is 2.85. The second kappa shape index (κ2) is 4.57. The Morgan fingerprint density at radius 1 is 1.13 bits per heavy atom. The van der Waals surface area contributed by atoms with Crippen molar-refractivity contribution in [2.75, 3.05) is 0 Å². The number of aliphatic hydroxyl groups is 3. The Kier molecular flexibility index (Phi) is 3.83. The molecule has 0 aromatic heterocycles. The topological polar surface area (TPSA) is 87.0 Å². The predicted octanol–water partition coefficient (Wildman–Crippen LogP) is -0.919. The smallest absolute Gasteiger partial charge is 0.161 e. The predicted molar refractivity (Wildman–Crippen MR) is 52.2 cm³/mol. The molecule has 1 heterocycles. The van der Waals surface area contributed by atoms with Crippen LogP contribution in [0.4, 0.5) is 0 Å². The average Bonchev–Trinajstić information content (AvgIpc) is 2.13. The molecule has 0 aliphatic carbocycles. The van der Waals surface area contributed by atoms with E-state index >= 15 is 0 Å². The number of aliphatic hydroxyl groups excluding tert-OH is 3. The minimum atomic E-state index is -1.35. The van der Waals surface area contributed by atoms with Crippen LogP contribution in [0.3, 0.4) is 0 Å². The van der Waals surface area contributed by atoms with Crippen LogP contribution in [0.2, 0.25) is 0 Å². The fourth-order valence-electron chi connectivity index (χ4n) is 1.79. The molecule has 0 saturated carbocycles. The lowest BCUT2D eigenvalue weighted by molar-refractivity contribution is -0.227. The van der Waals surface area contributed by atoms with Crippen molar-refractivity contribution >= 4 is 5.78 Å². The van der Waals surface area contributed by atoms with E-state index in [1.54, 1.807) is 0 Å². The molecule has 0 aromatic rings. The van der Waals surface area contributed by atoms with Crippen LogP contribution in [0.5, 0.6) is 0 Å². The molecule has 15 heavy (non-hydrogen) atoms. The van der Waals surface area contributed by atoms with Gasteiger partial charge in [-0.05, 0) is 12.8 Å². The molecule has 0 amide bonds. The SMILES string of the molecule is CC(=O)C1OC(C(C)C)C(O)C(O)C1O. The molecule has 5 heteroatoms. The van der Waals surface area contributed by atoms with Gasteiger partial charge in [0, 0.05) is 0 Å². The van der Waals surface area contributed by atoms with Gasteiger partial charge >= 0.3 is 0 Å². The highest BCUT2D eigenvalue weighted by atomic mass is 16.5. The lowest BCUT2D eigenvalue weighted by Gasteiger charge is -2.41. The van der Waals surface area contributed by atoms with E-state index in [1.165, 1.54) is 6.92 Å². The first kappa shape index (κ1) is 12.6. The summed E-state index contributed by atoms with van der Waals surface area (Å²) >= 11 is 0. The Hall–Kier alpha value is -0.490. The summed E-state index contributed by atoms with van der Waals surface area (Å²) in [7, 11) is 0. The van der Waals surface area contributed by atoms with Gasteiger partial charge in [0.15, 0.2) is 5.78 Å². The number of hydrogen-bond donors (Lipinski definition) is 3. The average molecular weight is 218 g/mol. The van der Waals surface area contributed by atoms with Crippen molar-refractivity contribution in [1.29, 1.82) is 0 Å². The summed E-state index contributed by atoms with van der Waals surface area (Å²) in [5.74, 6) is -0.386. The minimum absolute atomic E-state index is 0.0380. The van der Waals surface area contributed by atoms with Crippen molar-refractivity contribution in [2.45, 2.75) is 51.3 Å². The van der Waals surface area contributed by atoms with Gasteiger partial charge in [0.25, 0.3) is 0 Å². The summed E-state index contributed by atoms with van der Waals surface area (Å²) in [6.07, 6.45) is -5.52. The first-order chi connectivity index (χ1) is 6.86. The zero-order chi connectivity index (χ0) is 11.7. The zero-order valence-electron chi connectivity index (χ0n) is 9.12. The fraction of sp³-hybridized carbons (Fsp3) is 0.900. The summed E-state index contributed by atoms with van der Waals surface area (Å²) in [5, 5.41) is 28.7. The highest BCUT2D eigenvalue weighted by Gasteiger charge is 2.46. The highest BCUT2D eigenvalue weighted by molar-refractivity contribution is 5.81. The maximum Gasteiger partial charge on any atom is 0.161 e. The number of carbonyl (C=O) groups is 1. The minimum Gasteiger partial charge on any atom is -0.388 e. The second-order valence-electron chi connectivity index (χ2n) is 4.35. The first-order valence-electron chi connectivity index (χ1n) is 5.06. The molecular weight excluding hydrogens is 200 g/mol. The Labute approximate surface area is 88.7 Å². The molecule has 1 saturated heterocycles. The van der Waals surface area contributed by atoms with E-state index < -0.39 is 30.5 Å². The van der Waals surface area contributed by atoms with Gasteiger partial charge in [-0.25, -0.2) is 0 Å². The van der Waals surface area contributed by atoms with E-state index in [0.29, 0.717) is 0 Å². The first-order valence-corrected chi connectivity index (χ1v) is 5.06. The van der Waals surface area contributed by atoms with Crippen molar-refractivity contribution in [3.8, 4) is 0 Å². The molecule has 0 aromatic carbocycles. The summed E-state index contributed by atoms with van der Waals surface area (Å²) in [5.41, 5.74) is 0. The third-order valence-corrected chi connectivity index (χ3v) is 2.71. The van der Waals surface area contributed by atoms with E-state index in [1.807, 2.05) is 13.8 Å². The van der Waals surface area contributed by atoms with Crippen LogP contribution in [0, 0.1) is 5.92 Å². The largest absolute Gasteiger partial charge is 0.388 e. The number of hydrogen-bond acceptors (Lipinski definition) is 5. The molecule has 3 N–H and O–H groups in total. The van der Waals surface area contributed by atoms with Crippen LogP contribution in [-0.4, -0.2) is 51.6 Å². The van der Waals surface area contributed by atoms with Crippen LogP contribution in [-0.2, 0) is 9.53 Å². The van der Waals surface area contributed by atoms with Crippen molar-refractivity contribution in [3.63, 3.8) is 0 Å². The van der Waals surface area contributed by atoms with Gasteiger partial charge in [-0.2, -0.15) is 0 Å². The van der Waals surface area contributed by atoms with Gasteiger partial charge in [0.05, 0.1) is 6.10 Å². The van der Waals surface area contributed by atoms with Crippen molar-refractivity contribution in [3.05, 3.63) is 0 Å². The zero-order valence-corrected chi connectivity index (χ0v) is 9.12. The summed E-state index contributed by atoms with van der Waals surface area (Å²) < 4.78 is 5.29. The molecule has 5 unspecified atom stereocenters. The standard InChI is InChI=1S/C10H18O5/c1-4(2)9-7(13)6(12)8(14)10(15-9)5(3)11/h4,6-10,12-14H,1-3H3. The maximum atomic E-state index is 11.2. The number of ketones is 1. The molecular formula is C10H18O5. The molecule has 1 aliphatic rings. The maximum absolute atomic E-state index is 11.2. The third kappa shape index (κ3) is 2.36. The van der Waals surface area contributed by atoms with Gasteiger partial charge in [-0.3, -0.25) is 4.79 Å². The number of ether oxygens (including phenoxy) is 1. The molecule has 0 spiro atoms. The molecule has 5 nitrogen and oxygen atoms in total. The van der Waals surface area contributed by atoms with E-state index in [0.717, 1.165) is 0 Å². The van der Waals surface area contributed by atoms with Crippen LogP contribution in [0.25, 0.3) is 0 Å². The van der Waals surface area contributed by atoms with Gasteiger partial charge in [0.2, 0.25) is 0 Å². The van der Waals surface area contributed by atoms with E-state index in [9.17, 15) is 20.1 Å². The highest BCUT2D eigenvalue weighted by Crippen LogP contribution is 2.26. The number of rotatable bonds is 2. The van der Waals surface area contributed by atoms with Crippen LogP contribution < -0.4 is 0 Å². The van der Waals surface area contributed by atoms with Crippen molar-refractivity contribution < 1.29 is 24.9 Å². The monoisotopic (exact) mass is 218 g/mol. The van der Waals surface area contributed by atoms with Gasteiger partial charge in [-0.15, -0.1) is 0 Å². The molecule has 5 atom stereocenters. The van der Waals surface area contributed by atoms with Gasteiger partial charge in [0.1, 0.15) is 24.4 Å². The number of carbonyl (C=O) groups excluding carboxylic acids is 1. The lowest BCUT2D eigenvalue weighted by atomic mass is 9.88. The Morgan fingerprint density at radius 3 is 2.07 bits per heavy atom. The molecule has 88 valence electrons. The van der Waals surface area contributed by atoms with Gasteiger partial charge in [-0.1, -0.05) is 13.8 Å². The molecule has 0 bridgehead atoms. The molecule has 1 aliphatic heterocycles. The Morgan fingerprint density at radius 2 is 1.67 bits per heavy atom. The van der Waals surface area contributed by atoms with Crippen LogP contribution in [0.1, 0.15) is 20.8 Å². The van der Waals surface area contributed by atoms with Crippen molar-refractivity contribution in [1.82, 2.24) is 0 Å². The van der Waals surface area contributed by atoms with Crippen LogP contribution >= 0.6 is 0 Å². The molecule has 1 fully saturated rings. The van der Waals surface area contributed by atoms with E-state index in [2.05, 4.69) is 0 Å². The quantitative estimate of drug-likeness (QED) is 0.558. The fourth-order valence-corrected chi connectivity index (χ4v) is 1.79. The third-order valence-electron chi connectivity index (χ3n) is 2.71. The molecule has 1 rings (SSSR count).